The van der Waals surface area contributed by atoms with Gasteiger partial charge in [0.25, 0.3) is 0 Å². The van der Waals surface area contributed by atoms with E-state index in [-0.39, 0.29) is 0 Å². The predicted molar refractivity (Wildman–Crippen MR) is 44.1 cm³/mol. The first-order chi connectivity index (χ1) is 5.25. The van der Waals surface area contributed by atoms with E-state index in [9.17, 15) is 5.11 Å². The van der Waals surface area contributed by atoms with Crippen LogP contribution < -0.4 is 0 Å². The number of nitrogens with zero attached hydrogens (tertiary/aromatic N) is 1. The van der Waals surface area contributed by atoms with Gasteiger partial charge in [-0.05, 0) is 13.0 Å². The zero-order valence-electron chi connectivity index (χ0n) is 6.49. The number of aryl methyl sites for hydroxylation is 1. The number of hydrogen-bond acceptors (Lipinski definition) is 2. The maximum atomic E-state index is 9.35. The topological polar surface area (TPSA) is 33.1 Å². The average molecular weight is 149 g/mol. The highest BCUT2D eigenvalue weighted by Crippen LogP contribution is 2.15. The largest absolute Gasteiger partial charge is 0.384 e. The van der Waals surface area contributed by atoms with Crippen molar-refractivity contribution in [3.63, 3.8) is 0 Å². The van der Waals surface area contributed by atoms with Gasteiger partial charge in [0, 0.05) is 17.5 Å². The first-order valence-electron chi connectivity index (χ1n) is 3.48. The van der Waals surface area contributed by atoms with Gasteiger partial charge in [-0.3, -0.25) is 4.98 Å². The van der Waals surface area contributed by atoms with Crippen molar-refractivity contribution < 1.29 is 5.11 Å². The monoisotopic (exact) mass is 149 g/mol. The van der Waals surface area contributed by atoms with Crippen LogP contribution in [-0.4, -0.2) is 10.1 Å². The minimum atomic E-state index is -0.594. The van der Waals surface area contributed by atoms with Crippen LogP contribution in [0.1, 0.15) is 17.4 Å². The third-order valence-corrected chi connectivity index (χ3v) is 1.59. The lowest BCUT2D eigenvalue weighted by molar-refractivity contribution is 0.228. The lowest BCUT2D eigenvalue weighted by Crippen LogP contribution is -1.97. The summed E-state index contributed by atoms with van der Waals surface area (Å²) in [5, 5.41) is 9.35. The Hall–Kier alpha value is -1.15. The molecule has 1 rings (SSSR count). The van der Waals surface area contributed by atoms with Crippen LogP contribution in [-0.2, 0) is 0 Å². The molecule has 1 aromatic rings. The molecule has 11 heavy (non-hydrogen) atoms. The van der Waals surface area contributed by atoms with Gasteiger partial charge in [0.1, 0.15) is 0 Å². The van der Waals surface area contributed by atoms with Crippen LogP contribution in [0, 0.1) is 6.92 Å². The molecule has 0 bridgehead atoms. The highest BCUT2D eigenvalue weighted by Gasteiger charge is 2.04. The molecule has 0 aliphatic rings. The molecule has 1 atom stereocenters. The second-order valence-electron chi connectivity index (χ2n) is 2.36. The standard InChI is InChI=1S/C9H11NO/c1-3-9(11)8-5-4-6-10-7(8)2/h3-6,9,11H,1H2,2H3. The Bertz CT molecular complexity index is 257. The predicted octanol–water partition coefficient (Wildman–Crippen LogP) is 1.61. The fraction of sp³-hybridized carbons (Fsp3) is 0.222. The van der Waals surface area contributed by atoms with Gasteiger partial charge >= 0.3 is 0 Å². The SMILES string of the molecule is C=CC(O)c1cccnc1C. The molecule has 0 fully saturated rings. The molecular formula is C9H11NO. The summed E-state index contributed by atoms with van der Waals surface area (Å²) in [6, 6.07) is 3.64. The second-order valence-corrected chi connectivity index (χ2v) is 2.36. The molecular weight excluding hydrogens is 138 g/mol. The van der Waals surface area contributed by atoms with E-state index in [0.29, 0.717) is 0 Å². The zero-order chi connectivity index (χ0) is 8.27. The Labute approximate surface area is 66.2 Å². The second kappa shape index (κ2) is 3.30. The number of pyridine rings is 1. The van der Waals surface area contributed by atoms with Gasteiger partial charge in [-0.2, -0.15) is 0 Å². The Morgan fingerprint density at radius 2 is 2.45 bits per heavy atom. The number of hydrogen-bond donors (Lipinski definition) is 1. The minimum Gasteiger partial charge on any atom is -0.384 e. The van der Waals surface area contributed by atoms with Gasteiger partial charge in [0.05, 0.1) is 6.10 Å². The summed E-state index contributed by atoms with van der Waals surface area (Å²) in [5.41, 5.74) is 1.67. The summed E-state index contributed by atoms with van der Waals surface area (Å²) in [5.74, 6) is 0. The first kappa shape index (κ1) is 7.95. The molecule has 0 aliphatic heterocycles. The van der Waals surface area contributed by atoms with E-state index in [0.717, 1.165) is 11.3 Å². The molecule has 1 unspecified atom stereocenters. The van der Waals surface area contributed by atoms with Crippen LogP contribution >= 0.6 is 0 Å². The van der Waals surface area contributed by atoms with Crippen LogP contribution in [0.15, 0.2) is 31.0 Å². The molecule has 58 valence electrons. The third kappa shape index (κ3) is 1.65. The molecule has 0 aromatic carbocycles. The van der Waals surface area contributed by atoms with Gasteiger partial charge < -0.3 is 5.11 Å². The Morgan fingerprint density at radius 1 is 1.73 bits per heavy atom. The maximum Gasteiger partial charge on any atom is 0.0986 e. The van der Waals surface area contributed by atoms with Crippen LogP contribution in [0.4, 0.5) is 0 Å². The van der Waals surface area contributed by atoms with Crippen LogP contribution in [0.25, 0.3) is 0 Å². The first-order valence-corrected chi connectivity index (χ1v) is 3.48. The third-order valence-electron chi connectivity index (χ3n) is 1.59. The molecule has 0 amide bonds. The van der Waals surface area contributed by atoms with E-state index in [1.54, 1.807) is 12.3 Å². The van der Waals surface area contributed by atoms with Crippen molar-refractivity contribution in [1.29, 1.82) is 0 Å². The molecule has 0 aliphatic carbocycles. The Balaban J connectivity index is 3.02. The summed E-state index contributed by atoms with van der Waals surface area (Å²) >= 11 is 0. The van der Waals surface area contributed by atoms with E-state index in [1.807, 2.05) is 13.0 Å². The molecule has 0 saturated heterocycles. The fourth-order valence-corrected chi connectivity index (χ4v) is 0.936. The van der Waals surface area contributed by atoms with E-state index < -0.39 is 6.10 Å². The summed E-state index contributed by atoms with van der Waals surface area (Å²) < 4.78 is 0. The van der Waals surface area contributed by atoms with Crippen molar-refractivity contribution in [2.75, 3.05) is 0 Å². The van der Waals surface area contributed by atoms with Crippen molar-refractivity contribution in [1.82, 2.24) is 4.98 Å². The van der Waals surface area contributed by atoms with Crippen LogP contribution in [0.3, 0.4) is 0 Å². The van der Waals surface area contributed by atoms with Crippen molar-refractivity contribution in [3.05, 3.63) is 42.2 Å². The smallest absolute Gasteiger partial charge is 0.0986 e. The highest BCUT2D eigenvalue weighted by molar-refractivity contribution is 5.23. The van der Waals surface area contributed by atoms with Gasteiger partial charge in [-0.25, -0.2) is 0 Å². The Morgan fingerprint density at radius 3 is 3.00 bits per heavy atom. The summed E-state index contributed by atoms with van der Waals surface area (Å²) in [7, 11) is 0. The number of aliphatic hydroxyl groups excluding tert-OH is 1. The molecule has 2 nitrogen and oxygen atoms in total. The fourth-order valence-electron chi connectivity index (χ4n) is 0.936. The zero-order valence-corrected chi connectivity index (χ0v) is 6.49. The van der Waals surface area contributed by atoms with E-state index >= 15 is 0 Å². The van der Waals surface area contributed by atoms with Gasteiger partial charge in [-0.15, -0.1) is 6.58 Å². The molecule has 0 spiro atoms. The maximum absolute atomic E-state index is 9.35. The van der Waals surface area contributed by atoms with E-state index in [1.165, 1.54) is 6.08 Å². The molecule has 1 heterocycles. The number of rotatable bonds is 2. The summed E-state index contributed by atoms with van der Waals surface area (Å²) in [4.78, 5) is 4.04. The minimum absolute atomic E-state index is 0.594. The molecule has 1 aromatic heterocycles. The molecule has 1 N–H and O–H groups in total. The quantitative estimate of drug-likeness (QED) is 0.648. The molecule has 0 radical (unpaired) electrons. The van der Waals surface area contributed by atoms with Crippen molar-refractivity contribution in [3.8, 4) is 0 Å². The normalized spacial score (nSPS) is 12.5. The molecule has 0 saturated carbocycles. The summed E-state index contributed by atoms with van der Waals surface area (Å²) in [6.45, 7) is 5.36. The van der Waals surface area contributed by atoms with Crippen LogP contribution in [0.5, 0.6) is 0 Å². The van der Waals surface area contributed by atoms with E-state index in [4.69, 9.17) is 0 Å². The lowest BCUT2D eigenvalue weighted by atomic mass is 10.1. The van der Waals surface area contributed by atoms with Crippen molar-refractivity contribution in [2.24, 2.45) is 0 Å². The van der Waals surface area contributed by atoms with Gasteiger partial charge in [-0.1, -0.05) is 12.1 Å². The van der Waals surface area contributed by atoms with Gasteiger partial charge in [0.15, 0.2) is 0 Å². The summed E-state index contributed by atoms with van der Waals surface area (Å²) in [6.07, 6.45) is 2.60. The highest BCUT2D eigenvalue weighted by atomic mass is 16.3. The van der Waals surface area contributed by atoms with Crippen LogP contribution in [0.2, 0.25) is 0 Å². The van der Waals surface area contributed by atoms with Crippen molar-refractivity contribution in [2.45, 2.75) is 13.0 Å². The number of aliphatic hydroxyl groups is 1. The lowest BCUT2D eigenvalue weighted by Gasteiger charge is -2.06. The van der Waals surface area contributed by atoms with Gasteiger partial charge in [0.2, 0.25) is 0 Å². The van der Waals surface area contributed by atoms with Crippen molar-refractivity contribution >= 4 is 0 Å². The Kier molecular flexibility index (Phi) is 2.39. The van der Waals surface area contributed by atoms with E-state index in [2.05, 4.69) is 11.6 Å². The average Bonchev–Trinajstić information content (AvgIpc) is 2.04. The number of aromatic nitrogens is 1. The molecule has 2 heteroatoms.